The summed E-state index contributed by atoms with van der Waals surface area (Å²) in [5.74, 6) is -0.384. The lowest BCUT2D eigenvalue weighted by molar-refractivity contribution is 0.0872. The summed E-state index contributed by atoms with van der Waals surface area (Å²) in [5, 5.41) is 16.2. The fourth-order valence-electron chi connectivity index (χ4n) is 4.62. The Balaban J connectivity index is 1.21. The number of benzene rings is 1. The maximum absolute atomic E-state index is 13.4. The van der Waals surface area contributed by atoms with E-state index < -0.39 is 0 Å². The normalized spacial score (nSPS) is 15.3. The average molecular weight is 543 g/mol. The van der Waals surface area contributed by atoms with E-state index in [0.717, 1.165) is 32.7 Å². The third kappa shape index (κ3) is 4.79. The van der Waals surface area contributed by atoms with E-state index in [-0.39, 0.29) is 23.4 Å². The first-order valence-electron chi connectivity index (χ1n) is 12.8. The zero-order valence-corrected chi connectivity index (χ0v) is 23.3. The van der Waals surface area contributed by atoms with E-state index in [1.165, 1.54) is 11.3 Å². The second kappa shape index (κ2) is 9.28. The van der Waals surface area contributed by atoms with E-state index in [1.807, 2.05) is 54.1 Å². The number of nitrogens with one attached hydrogen (secondary N) is 2. The Bertz CT molecular complexity index is 1740. The summed E-state index contributed by atoms with van der Waals surface area (Å²) < 4.78 is 3.57. The first-order valence-corrected chi connectivity index (χ1v) is 13.6. The van der Waals surface area contributed by atoms with Crippen LogP contribution in [0.15, 0.2) is 49.1 Å². The molecule has 0 spiro atoms. The maximum atomic E-state index is 13.4. The first-order chi connectivity index (χ1) is 18.6. The minimum atomic E-state index is -0.300. The molecule has 5 heterocycles. The molecule has 0 bridgehead atoms. The van der Waals surface area contributed by atoms with Gasteiger partial charge in [0, 0.05) is 49.0 Å². The smallest absolute Gasteiger partial charge is 0.260 e. The van der Waals surface area contributed by atoms with Gasteiger partial charge in [-0.05, 0) is 39.8 Å². The molecule has 6 rings (SSSR count). The van der Waals surface area contributed by atoms with E-state index in [1.54, 1.807) is 23.0 Å². The van der Waals surface area contributed by atoms with Crippen LogP contribution >= 0.6 is 11.3 Å². The van der Waals surface area contributed by atoms with Gasteiger partial charge >= 0.3 is 0 Å². The molecule has 200 valence electrons. The van der Waals surface area contributed by atoms with Gasteiger partial charge in [-0.25, -0.2) is 4.52 Å². The number of carbonyl (C=O) groups excluding carboxylic acids is 2. The Morgan fingerprint density at radius 3 is 2.77 bits per heavy atom. The maximum Gasteiger partial charge on any atom is 0.260 e. The van der Waals surface area contributed by atoms with Crippen LogP contribution in [0.2, 0.25) is 0 Å². The number of aryl methyl sites for hydroxylation is 2. The number of aromatic nitrogens is 5. The number of carbonyl (C=O) groups is 2. The third-order valence-corrected chi connectivity index (χ3v) is 8.07. The largest absolute Gasteiger partial charge is 0.330 e. The SMILES string of the molecule is Cc1ncc(C(=O)N2CC2CNC(C)(C)C)cc1NC(=O)c1cnn2cc(-c3cccc4c3cnn4C)sc12. The summed E-state index contributed by atoms with van der Waals surface area (Å²) in [6.07, 6.45) is 6.92. The van der Waals surface area contributed by atoms with Gasteiger partial charge in [0.05, 0.1) is 51.3 Å². The van der Waals surface area contributed by atoms with Gasteiger partial charge in [0.15, 0.2) is 0 Å². The highest BCUT2D eigenvalue weighted by Gasteiger charge is 2.39. The van der Waals surface area contributed by atoms with Crippen LogP contribution < -0.4 is 10.6 Å². The standard InChI is InChI=1S/C28H30N8O2S/c1-16-22(9-17(10-29-16)26(38)35-14-18(35)11-30-28(2,3)4)33-25(37)21-13-32-36-15-24(39-27(21)36)19-7-6-8-23-20(19)12-31-34(23)5/h6-10,12-13,15,18,30H,11,14H2,1-5H3,(H,33,37). The summed E-state index contributed by atoms with van der Waals surface area (Å²) in [7, 11) is 1.92. The van der Waals surface area contributed by atoms with Crippen LogP contribution in [0.5, 0.6) is 0 Å². The predicted octanol–water partition coefficient (Wildman–Crippen LogP) is 4.12. The Morgan fingerprint density at radius 2 is 1.97 bits per heavy atom. The van der Waals surface area contributed by atoms with Crippen molar-refractivity contribution in [1.29, 1.82) is 0 Å². The molecule has 4 aromatic heterocycles. The van der Waals surface area contributed by atoms with Gasteiger partial charge in [0.2, 0.25) is 0 Å². The Morgan fingerprint density at radius 1 is 1.15 bits per heavy atom. The molecule has 11 heteroatoms. The number of fused-ring (bicyclic) bond motifs is 2. The molecule has 5 aromatic rings. The van der Waals surface area contributed by atoms with Crippen molar-refractivity contribution >= 4 is 44.6 Å². The molecule has 1 aliphatic rings. The minimum Gasteiger partial charge on any atom is -0.330 e. The molecular formula is C28H30N8O2S. The molecule has 0 aliphatic carbocycles. The molecule has 39 heavy (non-hydrogen) atoms. The summed E-state index contributed by atoms with van der Waals surface area (Å²) in [6, 6.07) is 7.95. The molecule has 1 aliphatic heterocycles. The fourth-order valence-corrected chi connectivity index (χ4v) is 5.72. The van der Waals surface area contributed by atoms with Crippen molar-refractivity contribution in [3.05, 3.63) is 65.9 Å². The molecule has 2 amide bonds. The van der Waals surface area contributed by atoms with Gasteiger partial charge in [0.1, 0.15) is 4.83 Å². The molecule has 10 nitrogen and oxygen atoms in total. The number of nitrogens with zero attached hydrogens (tertiary/aromatic N) is 6. The summed E-state index contributed by atoms with van der Waals surface area (Å²) in [4.78, 5) is 34.3. The lowest BCUT2D eigenvalue weighted by Gasteiger charge is -2.20. The van der Waals surface area contributed by atoms with Gasteiger partial charge in [-0.15, -0.1) is 11.3 Å². The Kier molecular flexibility index (Phi) is 6.00. The van der Waals surface area contributed by atoms with E-state index in [4.69, 9.17) is 0 Å². The van der Waals surface area contributed by atoms with E-state index >= 15 is 0 Å². The lowest BCUT2D eigenvalue weighted by atomic mass is 10.1. The lowest BCUT2D eigenvalue weighted by Crippen LogP contribution is -2.39. The molecule has 1 fully saturated rings. The van der Waals surface area contributed by atoms with Crippen LogP contribution in [0.1, 0.15) is 47.2 Å². The van der Waals surface area contributed by atoms with Crippen molar-refractivity contribution in [2.45, 2.75) is 39.3 Å². The third-order valence-electron chi connectivity index (χ3n) is 6.92. The van der Waals surface area contributed by atoms with E-state index in [2.05, 4.69) is 46.6 Å². The molecule has 0 radical (unpaired) electrons. The second-order valence-electron chi connectivity index (χ2n) is 11.0. The zero-order chi connectivity index (χ0) is 27.5. The Hall–Kier alpha value is -4.09. The van der Waals surface area contributed by atoms with Crippen LogP contribution in [-0.4, -0.2) is 65.8 Å². The van der Waals surface area contributed by atoms with Crippen LogP contribution in [-0.2, 0) is 7.05 Å². The minimum absolute atomic E-state index is 0.00501. The predicted molar refractivity (Wildman–Crippen MR) is 152 cm³/mol. The number of pyridine rings is 1. The molecule has 1 unspecified atom stereocenters. The summed E-state index contributed by atoms with van der Waals surface area (Å²) in [6.45, 7) is 9.57. The molecule has 2 N–H and O–H groups in total. The van der Waals surface area contributed by atoms with Crippen molar-refractivity contribution in [3.63, 3.8) is 0 Å². The summed E-state index contributed by atoms with van der Waals surface area (Å²) >= 11 is 1.50. The fraction of sp³-hybridized carbons (Fsp3) is 0.321. The van der Waals surface area contributed by atoms with Gasteiger partial charge in [-0.3, -0.25) is 19.3 Å². The number of amides is 2. The van der Waals surface area contributed by atoms with Gasteiger partial charge in [0.25, 0.3) is 11.8 Å². The molecule has 1 saturated heterocycles. The average Bonchev–Trinajstić information content (AvgIpc) is 3.15. The molecular weight excluding hydrogens is 512 g/mol. The second-order valence-corrected chi connectivity index (χ2v) is 12.0. The Labute approximate surface area is 229 Å². The van der Waals surface area contributed by atoms with Gasteiger partial charge < -0.3 is 15.5 Å². The van der Waals surface area contributed by atoms with Crippen LogP contribution in [0.25, 0.3) is 26.2 Å². The number of anilines is 1. The highest BCUT2D eigenvalue weighted by Crippen LogP contribution is 2.35. The van der Waals surface area contributed by atoms with Crippen molar-refractivity contribution in [3.8, 4) is 10.4 Å². The van der Waals surface area contributed by atoms with Crippen LogP contribution in [0.3, 0.4) is 0 Å². The van der Waals surface area contributed by atoms with Gasteiger partial charge in [-0.1, -0.05) is 12.1 Å². The first kappa shape index (κ1) is 25.2. The quantitative estimate of drug-likeness (QED) is 0.313. The topological polar surface area (TPSA) is 109 Å². The zero-order valence-electron chi connectivity index (χ0n) is 22.5. The van der Waals surface area contributed by atoms with Crippen LogP contribution in [0.4, 0.5) is 5.69 Å². The van der Waals surface area contributed by atoms with E-state index in [0.29, 0.717) is 29.1 Å². The van der Waals surface area contributed by atoms with Crippen LogP contribution in [0, 0.1) is 6.92 Å². The van der Waals surface area contributed by atoms with Crippen molar-refractivity contribution in [2.24, 2.45) is 7.05 Å². The van der Waals surface area contributed by atoms with Crippen molar-refractivity contribution in [2.75, 3.05) is 18.4 Å². The molecule has 0 saturated carbocycles. The van der Waals surface area contributed by atoms with Gasteiger partial charge in [-0.2, -0.15) is 10.2 Å². The highest BCUT2D eigenvalue weighted by molar-refractivity contribution is 7.21. The number of rotatable bonds is 6. The molecule has 1 aromatic carbocycles. The van der Waals surface area contributed by atoms with Crippen molar-refractivity contribution in [1.82, 2.24) is 34.6 Å². The van der Waals surface area contributed by atoms with E-state index in [9.17, 15) is 9.59 Å². The highest BCUT2D eigenvalue weighted by atomic mass is 32.1. The number of hydrogen-bond donors (Lipinski definition) is 2. The number of thiazole rings is 1. The number of hydrogen-bond acceptors (Lipinski definition) is 7. The monoisotopic (exact) mass is 542 g/mol. The van der Waals surface area contributed by atoms with Crippen molar-refractivity contribution < 1.29 is 9.59 Å². The summed E-state index contributed by atoms with van der Waals surface area (Å²) in [5.41, 5.74) is 4.13. The molecule has 1 atom stereocenters.